The minimum Gasteiger partial charge on any atom is -0.199 e. The third-order valence-electron chi connectivity index (χ3n) is 1.36. The van der Waals surface area contributed by atoms with Gasteiger partial charge < -0.3 is 0 Å². The van der Waals surface area contributed by atoms with Crippen LogP contribution in [0.3, 0.4) is 0 Å². The number of hydrogen-bond acceptors (Lipinski definition) is 2. The summed E-state index contributed by atoms with van der Waals surface area (Å²) in [6, 6.07) is -0.189. The molecule has 13 heavy (non-hydrogen) atoms. The molecule has 0 radical (unpaired) electrons. The molecule has 78 valence electrons. The quantitative estimate of drug-likeness (QED) is 0.705. The Morgan fingerprint density at radius 1 is 1.31 bits per heavy atom. The van der Waals surface area contributed by atoms with Gasteiger partial charge in [0.1, 0.15) is 6.54 Å². The van der Waals surface area contributed by atoms with E-state index in [4.69, 9.17) is 0 Å². The first kappa shape index (κ1) is 10.7. The van der Waals surface area contributed by atoms with Crippen molar-refractivity contribution >= 4 is 10.2 Å². The van der Waals surface area contributed by atoms with Crippen molar-refractivity contribution in [3.05, 3.63) is 0 Å². The average Bonchev–Trinajstić information content (AvgIpc) is 2.66. The third-order valence-corrected chi connectivity index (χ3v) is 2.53. The fourth-order valence-electron chi connectivity index (χ4n) is 0.639. The van der Waals surface area contributed by atoms with Crippen LogP contribution in [0, 0.1) is 0 Å². The zero-order valence-corrected chi connectivity index (χ0v) is 7.37. The number of nitrogens with one attached hydrogen (secondary N) is 2. The lowest BCUT2D eigenvalue weighted by atomic mass is 10.7. The highest BCUT2D eigenvalue weighted by molar-refractivity contribution is 7.87. The summed E-state index contributed by atoms with van der Waals surface area (Å²) in [7, 11) is -3.97. The summed E-state index contributed by atoms with van der Waals surface area (Å²) in [5.74, 6) is 0. The van der Waals surface area contributed by atoms with E-state index in [1.807, 2.05) is 0 Å². The lowest BCUT2D eigenvalue weighted by molar-refractivity contribution is -0.121. The monoisotopic (exact) mass is 218 g/mol. The second kappa shape index (κ2) is 3.43. The van der Waals surface area contributed by atoms with Crippen LogP contribution in [0.25, 0.3) is 0 Å². The van der Waals surface area contributed by atoms with E-state index in [0.717, 1.165) is 0 Å². The Balaban J connectivity index is 2.33. The molecule has 0 saturated heterocycles. The fourth-order valence-corrected chi connectivity index (χ4v) is 1.75. The summed E-state index contributed by atoms with van der Waals surface area (Å²) >= 11 is 0. The normalized spacial score (nSPS) is 19.0. The lowest BCUT2D eigenvalue weighted by Crippen LogP contribution is -2.42. The van der Waals surface area contributed by atoms with Gasteiger partial charge in [-0.1, -0.05) is 0 Å². The molecule has 1 rings (SSSR count). The van der Waals surface area contributed by atoms with Crippen molar-refractivity contribution in [2.24, 2.45) is 0 Å². The lowest BCUT2D eigenvalue weighted by Gasteiger charge is -2.09. The van der Waals surface area contributed by atoms with Crippen LogP contribution < -0.4 is 9.44 Å². The van der Waals surface area contributed by atoms with E-state index in [0.29, 0.717) is 12.8 Å². The Kier molecular flexibility index (Phi) is 2.83. The van der Waals surface area contributed by atoms with Crippen LogP contribution in [0.4, 0.5) is 13.2 Å². The van der Waals surface area contributed by atoms with Crippen LogP contribution in [0.5, 0.6) is 0 Å². The second-order valence-electron chi connectivity index (χ2n) is 2.83. The van der Waals surface area contributed by atoms with E-state index in [2.05, 4.69) is 4.72 Å². The Labute approximate surface area is 73.7 Å². The molecule has 1 aliphatic rings. The molecule has 0 aromatic rings. The summed E-state index contributed by atoms with van der Waals surface area (Å²) < 4.78 is 59.8. The third kappa shape index (κ3) is 5.06. The van der Waals surface area contributed by atoms with Crippen molar-refractivity contribution in [2.75, 3.05) is 6.54 Å². The fraction of sp³-hybridized carbons (Fsp3) is 1.00. The van der Waals surface area contributed by atoms with Crippen LogP contribution in [0.1, 0.15) is 12.8 Å². The predicted molar refractivity (Wildman–Crippen MR) is 39.1 cm³/mol. The van der Waals surface area contributed by atoms with Crippen molar-refractivity contribution in [1.29, 1.82) is 0 Å². The van der Waals surface area contributed by atoms with Gasteiger partial charge in [0.15, 0.2) is 0 Å². The van der Waals surface area contributed by atoms with Crippen LogP contribution >= 0.6 is 0 Å². The maximum atomic E-state index is 11.6. The number of hydrogen-bond donors (Lipinski definition) is 2. The Bertz CT molecular complexity index is 270. The van der Waals surface area contributed by atoms with Crippen molar-refractivity contribution in [1.82, 2.24) is 9.44 Å². The van der Waals surface area contributed by atoms with E-state index in [9.17, 15) is 21.6 Å². The summed E-state index contributed by atoms with van der Waals surface area (Å²) in [6.07, 6.45) is -3.14. The SMILES string of the molecule is O=S(=O)(NCC(F)(F)F)NC1CC1. The van der Waals surface area contributed by atoms with Crippen molar-refractivity contribution in [2.45, 2.75) is 25.1 Å². The number of rotatable bonds is 4. The topological polar surface area (TPSA) is 58.2 Å². The molecule has 0 aromatic heterocycles. The Morgan fingerprint density at radius 3 is 2.23 bits per heavy atom. The Morgan fingerprint density at radius 2 is 1.85 bits per heavy atom. The molecule has 0 amide bonds. The van der Waals surface area contributed by atoms with Gasteiger partial charge in [-0.25, -0.2) is 0 Å². The van der Waals surface area contributed by atoms with Crippen LogP contribution in [-0.4, -0.2) is 27.2 Å². The van der Waals surface area contributed by atoms with Crippen LogP contribution in [0.15, 0.2) is 0 Å². The Hall–Kier alpha value is -0.340. The minimum atomic E-state index is -4.52. The maximum absolute atomic E-state index is 11.6. The maximum Gasteiger partial charge on any atom is 0.402 e. The van der Waals surface area contributed by atoms with Gasteiger partial charge in [-0.2, -0.15) is 31.0 Å². The van der Waals surface area contributed by atoms with Crippen molar-refractivity contribution in [3.63, 3.8) is 0 Å². The van der Waals surface area contributed by atoms with E-state index in [1.54, 1.807) is 0 Å². The highest BCUT2D eigenvalue weighted by Gasteiger charge is 2.32. The van der Waals surface area contributed by atoms with Gasteiger partial charge in [-0.05, 0) is 12.8 Å². The van der Waals surface area contributed by atoms with Gasteiger partial charge in [0, 0.05) is 6.04 Å². The summed E-state index contributed by atoms with van der Waals surface area (Å²) in [4.78, 5) is 0. The molecule has 4 nitrogen and oxygen atoms in total. The molecule has 1 aliphatic carbocycles. The van der Waals surface area contributed by atoms with Gasteiger partial charge in [-0.3, -0.25) is 0 Å². The van der Waals surface area contributed by atoms with Crippen molar-refractivity contribution in [3.8, 4) is 0 Å². The second-order valence-corrected chi connectivity index (χ2v) is 4.36. The zero-order chi connectivity index (χ0) is 10.1. The molecule has 0 bridgehead atoms. The molecule has 0 atom stereocenters. The van der Waals surface area contributed by atoms with Gasteiger partial charge in [0.2, 0.25) is 0 Å². The molecule has 0 unspecified atom stereocenters. The molecule has 0 aliphatic heterocycles. The standard InChI is InChI=1S/C5H9F3N2O2S/c6-5(7,8)3-9-13(11,12)10-4-1-2-4/h4,9-10H,1-3H2. The average molecular weight is 218 g/mol. The van der Waals surface area contributed by atoms with E-state index in [-0.39, 0.29) is 6.04 Å². The molecule has 1 fully saturated rings. The van der Waals surface area contributed by atoms with E-state index < -0.39 is 22.9 Å². The first-order chi connectivity index (χ1) is 5.79. The van der Waals surface area contributed by atoms with E-state index >= 15 is 0 Å². The van der Waals surface area contributed by atoms with E-state index in [1.165, 1.54) is 4.72 Å². The molecule has 1 saturated carbocycles. The molecular formula is C5H9F3N2O2S. The summed E-state index contributed by atoms with van der Waals surface area (Å²) in [5, 5.41) is 0. The smallest absolute Gasteiger partial charge is 0.199 e. The molecule has 8 heteroatoms. The molecule has 0 aromatic carbocycles. The van der Waals surface area contributed by atoms with Crippen LogP contribution in [0.2, 0.25) is 0 Å². The predicted octanol–water partition coefficient (Wildman–Crippen LogP) is 0.135. The largest absolute Gasteiger partial charge is 0.402 e. The summed E-state index contributed by atoms with van der Waals surface area (Å²) in [6.45, 7) is -1.53. The molecular weight excluding hydrogens is 209 g/mol. The van der Waals surface area contributed by atoms with Crippen molar-refractivity contribution < 1.29 is 21.6 Å². The minimum absolute atomic E-state index is 0.189. The molecule has 0 heterocycles. The first-order valence-corrected chi connectivity index (χ1v) is 5.10. The number of halogens is 3. The summed E-state index contributed by atoms with van der Waals surface area (Å²) in [5.41, 5.74) is 0. The van der Waals surface area contributed by atoms with Gasteiger partial charge >= 0.3 is 6.18 Å². The van der Waals surface area contributed by atoms with Crippen LogP contribution in [-0.2, 0) is 10.2 Å². The molecule has 0 spiro atoms. The number of alkyl halides is 3. The van der Waals surface area contributed by atoms with Gasteiger partial charge in [-0.15, -0.1) is 0 Å². The first-order valence-electron chi connectivity index (χ1n) is 3.62. The van der Waals surface area contributed by atoms with Gasteiger partial charge in [0.05, 0.1) is 0 Å². The zero-order valence-electron chi connectivity index (χ0n) is 6.56. The highest BCUT2D eigenvalue weighted by Crippen LogP contribution is 2.19. The molecule has 2 N–H and O–H groups in total. The highest BCUT2D eigenvalue weighted by atomic mass is 32.2. The van der Waals surface area contributed by atoms with Gasteiger partial charge in [0.25, 0.3) is 10.2 Å².